The van der Waals surface area contributed by atoms with E-state index in [1.165, 1.54) is 22.5 Å². The molecule has 3 aromatic carbocycles. The summed E-state index contributed by atoms with van der Waals surface area (Å²) < 4.78 is 14.9. The average molecular weight is 638 g/mol. The summed E-state index contributed by atoms with van der Waals surface area (Å²) >= 11 is 8.55. The standard InChI is InChI=1S/C29H22Br2N2O3S/c1-35-19-10-7-18(8-11-19)26-21-12-9-17-5-3-4-6-20(17)25(21)32-29-33(26)28(34)24(37-29)15-16-13-22(30)27(36-2)23(31)14-16/h3-8,10-11,13-15,26H,9,12H2,1-2H3/b24-15-/t26-/m0/s1. The third-order valence-electron chi connectivity index (χ3n) is 6.83. The zero-order chi connectivity index (χ0) is 25.7. The van der Waals surface area contributed by atoms with E-state index in [2.05, 4.69) is 68.3 Å². The topological polar surface area (TPSA) is 52.8 Å². The minimum atomic E-state index is -0.220. The number of aromatic nitrogens is 1. The summed E-state index contributed by atoms with van der Waals surface area (Å²) in [7, 11) is 3.29. The number of halogens is 2. The predicted molar refractivity (Wildman–Crippen MR) is 154 cm³/mol. The van der Waals surface area contributed by atoms with Crippen LogP contribution < -0.4 is 24.4 Å². The average Bonchev–Trinajstić information content (AvgIpc) is 3.21. The van der Waals surface area contributed by atoms with Gasteiger partial charge in [-0.15, -0.1) is 0 Å². The smallest absolute Gasteiger partial charge is 0.271 e. The minimum Gasteiger partial charge on any atom is -0.497 e. The fraction of sp³-hybridized carbons (Fsp3) is 0.172. The Morgan fingerprint density at radius 1 is 1.00 bits per heavy atom. The number of thiazole rings is 1. The number of methoxy groups -OCH3 is 2. The van der Waals surface area contributed by atoms with Crippen molar-refractivity contribution in [3.05, 3.63) is 117 Å². The van der Waals surface area contributed by atoms with E-state index in [-0.39, 0.29) is 11.6 Å². The molecular formula is C29H22Br2N2O3S. The largest absolute Gasteiger partial charge is 0.497 e. The second kappa shape index (κ2) is 9.74. The van der Waals surface area contributed by atoms with Crippen LogP contribution in [0.4, 0.5) is 0 Å². The highest BCUT2D eigenvalue weighted by Gasteiger charge is 2.32. The van der Waals surface area contributed by atoms with Gasteiger partial charge in [0.25, 0.3) is 5.56 Å². The number of ether oxygens (including phenoxy) is 2. The summed E-state index contributed by atoms with van der Waals surface area (Å²) in [6, 6.07) is 20.1. The molecule has 0 saturated heterocycles. The van der Waals surface area contributed by atoms with Crippen LogP contribution in [0.5, 0.6) is 11.5 Å². The molecule has 0 radical (unpaired) electrons. The van der Waals surface area contributed by atoms with Crippen LogP contribution in [0.15, 0.2) is 85.0 Å². The molecule has 37 heavy (non-hydrogen) atoms. The third kappa shape index (κ3) is 4.21. The van der Waals surface area contributed by atoms with Crippen molar-refractivity contribution in [1.29, 1.82) is 0 Å². The molecule has 1 aliphatic heterocycles. The van der Waals surface area contributed by atoms with Gasteiger partial charge in [0, 0.05) is 5.56 Å². The molecule has 1 atom stereocenters. The Morgan fingerprint density at radius 2 is 1.73 bits per heavy atom. The maximum absolute atomic E-state index is 13.9. The molecule has 0 N–H and O–H groups in total. The fourth-order valence-electron chi connectivity index (χ4n) is 5.12. The highest BCUT2D eigenvalue weighted by molar-refractivity contribution is 9.11. The summed E-state index contributed by atoms with van der Waals surface area (Å²) in [6.45, 7) is 0. The molecule has 5 nitrogen and oxygen atoms in total. The van der Waals surface area contributed by atoms with Gasteiger partial charge in [-0.2, -0.15) is 0 Å². The highest BCUT2D eigenvalue weighted by atomic mass is 79.9. The van der Waals surface area contributed by atoms with E-state index in [4.69, 9.17) is 14.5 Å². The molecule has 186 valence electrons. The van der Waals surface area contributed by atoms with Crippen LogP contribution in [0.2, 0.25) is 0 Å². The van der Waals surface area contributed by atoms with Gasteiger partial charge >= 0.3 is 0 Å². The van der Waals surface area contributed by atoms with Crippen LogP contribution >= 0.6 is 43.2 Å². The Balaban J connectivity index is 1.59. The first kappa shape index (κ1) is 24.4. The van der Waals surface area contributed by atoms with Gasteiger partial charge in [-0.25, -0.2) is 4.99 Å². The number of nitrogens with zero attached hydrogens (tertiary/aromatic N) is 2. The van der Waals surface area contributed by atoms with Crippen molar-refractivity contribution in [2.24, 2.45) is 4.99 Å². The number of benzene rings is 3. The number of aryl methyl sites for hydroxylation is 1. The normalized spacial score (nSPS) is 16.5. The summed E-state index contributed by atoms with van der Waals surface area (Å²) in [5, 5.41) is 0. The molecule has 0 amide bonds. The van der Waals surface area contributed by atoms with E-state index < -0.39 is 0 Å². The van der Waals surface area contributed by atoms with Gasteiger partial charge in [-0.1, -0.05) is 47.7 Å². The molecule has 0 saturated carbocycles. The minimum absolute atomic E-state index is 0.0435. The maximum atomic E-state index is 13.9. The quantitative estimate of drug-likeness (QED) is 0.282. The van der Waals surface area contributed by atoms with Crippen LogP contribution in [-0.2, 0) is 6.42 Å². The lowest BCUT2D eigenvalue weighted by atomic mass is 9.83. The zero-order valence-corrected chi connectivity index (χ0v) is 24.1. The summed E-state index contributed by atoms with van der Waals surface area (Å²) in [6.07, 6.45) is 3.70. The fourth-order valence-corrected chi connectivity index (χ4v) is 7.66. The number of hydrogen-bond donors (Lipinski definition) is 0. The second-order valence-corrected chi connectivity index (χ2v) is 11.6. The predicted octanol–water partition coefficient (Wildman–Crippen LogP) is 5.86. The Hall–Kier alpha value is -2.94. The molecule has 2 heterocycles. The van der Waals surface area contributed by atoms with Crippen LogP contribution in [0.3, 0.4) is 0 Å². The van der Waals surface area contributed by atoms with E-state index in [0.717, 1.165) is 49.9 Å². The molecule has 0 bridgehead atoms. The summed E-state index contributed by atoms with van der Waals surface area (Å²) in [4.78, 5) is 19.7. The second-order valence-electron chi connectivity index (χ2n) is 8.90. The number of allylic oxidation sites excluding steroid dienone is 1. The van der Waals surface area contributed by atoms with E-state index in [9.17, 15) is 4.79 Å². The van der Waals surface area contributed by atoms with Crippen molar-refractivity contribution in [3.63, 3.8) is 0 Å². The lowest BCUT2D eigenvalue weighted by molar-refractivity contribution is 0.409. The summed E-state index contributed by atoms with van der Waals surface area (Å²) in [5.74, 6) is 1.50. The zero-order valence-electron chi connectivity index (χ0n) is 20.1. The molecule has 6 rings (SSSR count). The van der Waals surface area contributed by atoms with Gasteiger partial charge < -0.3 is 9.47 Å². The number of hydrogen-bond acceptors (Lipinski definition) is 5. The van der Waals surface area contributed by atoms with Crippen molar-refractivity contribution in [1.82, 2.24) is 4.57 Å². The van der Waals surface area contributed by atoms with Gasteiger partial charge in [0.05, 0.1) is 39.4 Å². The molecule has 0 spiro atoms. The molecule has 8 heteroatoms. The van der Waals surface area contributed by atoms with Crippen molar-refractivity contribution >= 4 is 55.0 Å². The van der Waals surface area contributed by atoms with E-state index >= 15 is 0 Å². The Morgan fingerprint density at radius 3 is 2.43 bits per heavy atom. The van der Waals surface area contributed by atoms with E-state index in [1.807, 2.05) is 34.9 Å². The first-order valence-corrected chi connectivity index (χ1v) is 14.2. The van der Waals surface area contributed by atoms with Crippen LogP contribution in [0.1, 0.15) is 34.7 Å². The molecule has 1 aliphatic carbocycles. The third-order valence-corrected chi connectivity index (χ3v) is 8.99. The first-order valence-electron chi connectivity index (χ1n) is 11.8. The number of rotatable bonds is 4. The lowest BCUT2D eigenvalue weighted by Crippen LogP contribution is -2.38. The molecule has 2 aliphatic rings. The van der Waals surface area contributed by atoms with E-state index in [1.54, 1.807) is 14.2 Å². The van der Waals surface area contributed by atoms with Gasteiger partial charge in [-0.3, -0.25) is 9.36 Å². The van der Waals surface area contributed by atoms with Gasteiger partial charge in [-0.05, 0) is 97.3 Å². The Labute approximate surface area is 234 Å². The monoisotopic (exact) mass is 636 g/mol. The van der Waals surface area contributed by atoms with Gasteiger partial charge in [0.2, 0.25) is 0 Å². The number of fused-ring (bicyclic) bond motifs is 3. The molecule has 4 aromatic rings. The molecule has 0 unspecified atom stereocenters. The van der Waals surface area contributed by atoms with E-state index in [0.29, 0.717) is 15.1 Å². The highest BCUT2D eigenvalue weighted by Crippen LogP contribution is 2.41. The van der Waals surface area contributed by atoms with Crippen LogP contribution in [0, 0.1) is 0 Å². The Kier molecular flexibility index (Phi) is 6.42. The van der Waals surface area contributed by atoms with Crippen LogP contribution in [-0.4, -0.2) is 18.8 Å². The van der Waals surface area contributed by atoms with Crippen LogP contribution in [0.25, 0.3) is 11.8 Å². The van der Waals surface area contributed by atoms with Crippen molar-refractivity contribution in [2.75, 3.05) is 14.2 Å². The molecule has 0 fully saturated rings. The molecule has 1 aromatic heterocycles. The summed E-state index contributed by atoms with van der Waals surface area (Å²) in [5.41, 5.74) is 6.51. The SMILES string of the molecule is COc1ccc([C@H]2C3=C(N=c4s/c(=C\c5cc(Br)c(OC)c(Br)c5)c(=O)n42)c2ccccc2CC3)cc1. The first-order chi connectivity index (χ1) is 18.0. The maximum Gasteiger partial charge on any atom is 0.271 e. The molecular weight excluding hydrogens is 616 g/mol. The van der Waals surface area contributed by atoms with Gasteiger partial charge in [0.1, 0.15) is 11.5 Å². The Bertz CT molecular complexity index is 1730. The van der Waals surface area contributed by atoms with Crippen molar-refractivity contribution in [3.8, 4) is 11.5 Å². The van der Waals surface area contributed by atoms with Gasteiger partial charge in [0.15, 0.2) is 4.80 Å². The van der Waals surface area contributed by atoms with Crippen molar-refractivity contribution < 1.29 is 9.47 Å². The van der Waals surface area contributed by atoms with Crippen molar-refractivity contribution in [2.45, 2.75) is 18.9 Å². The lowest BCUT2D eigenvalue weighted by Gasteiger charge is -2.30.